The lowest BCUT2D eigenvalue weighted by Gasteiger charge is -2.00. The van der Waals surface area contributed by atoms with Crippen molar-refractivity contribution in [2.45, 2.75) is 44.9 Å². The van der Waals surface area contributed by atoms with E-state index >= 15 is 0 Å². The lowest BCUT2D eigenvalue weighted by atomic mass is 10.1. The number of hydrogen-bond donors (Lipinski definition) is 0. The van der Waals surface area contributed by atoms with Crippen molar-refractivity contribution < 1.29 is 4.79 Å². The van der Waals surface area contributed by atoms with Gasteiger partial charge < -0.3 is 0 Å². The molecule has 90 valence electrons. The maximum atomic E-state index is 11.6. The summed E-state index contributed by atoms with van der Waals surface area (Å²) >= 11 is 7.14. The average Bonchev–Trinajstić information content (AvgIpc) is 2.81. The topological polar surface area (TPSA) is 17.1 Å². The van der Waals surface area contributed by atoms with Crippen LogP contribution >= 0.6 is 22.9 Å². The second kappa shape index (κ2) is 8.77. The van der Waals surface area contributed by atoms with Crippen molar-refractivity contribution in [3.8, 4) is 0 Å². The number of carbonyl (C=O) groups is 1. The van der Waals surface area contributed by atoms with Gasteiger partial charge in [-0.3, -0.25) is 4.79 Å². The molecule has 0 saturated heterocycles. The predicted molar refractivity (Wildman–Crippen MR) is 71.7 cm³/mol. The summed E-state index contributed by atoms with van der Waals surface area (Å²) in [6.07, 6.45) is 7.72. The molecule has 0 fully saturated rings. The Morgan fingerprint density at radius 1 is 1.12 bits per heavy atom. The molecular formula is C13H19ClOS. The normalized spacial score (nSPS) is 10.6. The van der Waals surface area contributed by atoms with Gasteiger partial charge in [-0.25, -0.2) is 0 Å². The van der Waals surface area contributed by atoms with Crippen LogP contribution in [0.25, 0.3) is 0 Å². The molecule has 0 aliphatic rings. The molecule has 1 nitrogen and oxygen atoms in total. The van der Waals surface area contributed by atoms with Crippen LogP contribution in [-0.2, 0) is 0 Å². The summed E-state index contributed by atoms with van der Waals surface area (Å²) < 4.78 is 0. The van der Waals surface area contributed by atoms with Crippen LogP contribution in [0, 0.1) is 0 Å². The van der Waals surface area contributed by atoms with E-state index in [1.807, 2.05) is 17.5 Å². The summed E-state index contributed by atoms with van der Waals surface area (Å²) in [5.41, 5.74) is 0. The first-order chi connectivity index (χ1) is 7.84. The van der Waals surface area contributed by atoms with E-state index in [1.54, 1.807) is 11.3 Å². The number of alkyl halides is 1. The SMILES string of the molecule is O=C(CCCCCCCCCl)c1cccs1. The third-order valence-electron chi connectivity index (χ3n) is 2.58. The maximum Gasteiger partial charge on any atom is 0.172 e. The smallest absolute Gasteiger partial charge is 0.172 e. The molecule has 0 radical (unpaired) electrons. The molecule has 0 spiro atoms. The van der Waals surface area contributed by atoms with Crippen molar-refractivity contribution in [2.24, 2.45) is 0 Å². The molecule has 0 aromatic carbocycles. The highest BCUT2D eigenvalue weighted by Crippen LogP contribution is 2.14. The molecule has 0 saturated carbocycles. The highest BCUT2D eigenvalue weighted by atomic mass is 35.5. The number of ketones is 1. The van der Waals surface area contributed by atoms with Gasteiger partial charge in [-0.15, -0.1) is 22.9 Å². The van der Waals surface area contributed by atoms with Crippen LogP contribution in [0.3, 0.4) is 0 Å². The van der Waals surface area contributed by atoms with Crippen LogP contribution in [-0.4, -0.2) is 11.7 Å². The minimum atomic E-state index is 0.302. The van der Waals surface area contributed by atoms with Gasteiger partial charge in [0.1, 0.15) is 0 Å². The fourth-order valence-corrected chi connectivity index (χ4v) is 2.53. The van der Waals surface area contributed by atoms with Gasteiger partial charge in [-0.1, -0.05) is 31.7 Å². The van der Waals surface area contributed by atoms with Gasteiger partial charge >= 0.3 is 0 Å². The Kier molecular flexibility index (Phi) is 7.52. The molecule has 0 aliphatic heterocycles. The summed E-state index contributed by atoms with van der Waals surface area (Å²) in [7, 11) is 0. The number of thiophene rings is 1. The Balaban J connectivity index is 1.97. The molecule has 1 aromatic heterocycles. The Morgan fingerprint density at radius 3 is 2.44 bits per heavy atom. The fraction of sp³-hybridized carbons (Fsp3) is 0.615. The predicted octanol–water partition coefficient (Wildman–Crippen LogP) is 4.90. The van der Waals surface area contributed by atoms with E-state index in [0.717, 1.165) is 23.6 Å². The third-order valence-corrected chi connectivity index (χ3v) is 3.76. The van der Waals surface area contributed by atoms with Crippen LogP contribution in [0.2, 0.25) is 0 Å². The highest BCUT2D eigenvalue weighted by Gasteiger charge is 2.05. The molecule has 0 atom stereocenters. The number of carbonyl (C=O) groups excluding carboxylic acids is 1. The van der Waals surface area contributed by atoms with Crippen molar-refractivity contribution in [1.82, 2.24) is 0 Å². The van der Waals surface area contributed by atoms with Gasteiger partial charge in [0.2, 0.25) is 0 Å². The van der Waals surface area contributed by atoms with Crippen molar-refractivity contribution in [3.63, 3.8) is 0 Å². The molecule has 0 bridgehead atoms. The van der Waals surface area contributed by atoms with Gasteiger partial charge in [-0.2, -0.15) is 0 Å². The first-order valence-electron chi connectivity index (χ1n) is 5.97. The lowest BCUT2D eigenvalue weighted by Crippen LogP contribution is -1.95. The quantitative estimate of drug-likeness (QED) is 0.350. The summed E-state index contributed by atoms with van der Waals surface area (Å²) in [6.45, 7) is 0. The number of halogens is 1. The number of Topliss-reactive ketones (excluding diaryl/α,β-unsaturated/α-hetero) is 1. The van der Waals surface area contributed by atoms with E-state index in [9.17, 15) is 4.79 Å². The molecule has 16 heavy (non-hydrogen) atoms. The molecule has 0 unspecified atom stereocenters. The van der Waals surface area contributed by atoms with Gasteiger partial charge in [0.25, 0.3) is 0 Å². The zero-order chi connectivity index (χ0) is 11.6. The standard InChI is InChI=1S/C13H19ClOS/c14-10-6-4-2-1-3-5-8-12(15)13-9-7-11-16-13/h7,9,11H,1-6,8,10H2. The van der Waals surface area contributed by atoms with Crippen molar-refractivity contribution in [1.29, 1.82) is 0 Å². The number of unbranched alkanes of at least 4 members (excludes halogenated alkanes) is 5. The molecular weight excluding hydrogens is 240 g/mol. The number of rotatable bonds is 9. The first-order valence-corrected chi connectivity index (χ1v) is 7.38. The van der Waals surface area contributed by atoms with Gasteiger partial charge in [-0.05, 0) is 24.3 Å². The van der Waals surface area contributed by atoms with Crippen LogP contribution in [0.15, 0.2) is 17.5 Å². The molecule has 0 N–H and O–H groups in total. The van der Waals surface area contributed by atoms with Gasteiger partial charge in [0.15, 0.2) is 5.78 Å². The van der Waals surface area contributed by atoms with Crippen LogP contribution in [0.5, 0.6) is 0 Å². The second-order valence-corrected chi connectivity index (χ2v) is 5.29. The Hall–Kier alpha value is -0.340. The van der Waals surface area contributed by atoms with Crippen molar-refractivity contribution >= 4 is 28.7 Å². The van der Waals surface area contributed by atoms with Crippen molar-refractivity contribution in [2.75, 3.05) is 5.88 Å². The highest BCUT2D eigenvalue weighted by molar-refractivity contribution is 7.12. The number of hydrogen-bond acceptors (Lipinski definition) is 2. The Bertz CT molecular complexity index is 282. The van der Waals surface area contributed by atoms with E-state index in [0.29, 0.717) is 12.2 Å². The van der Waals surface area contributed by atoms with Gasteiger partial charge in [0.05, 0.1) is 4.88 Å². The lowest BCUT2D eigenvalue weighted by molar-refractivity contribution is 0.0983. The third kappa shape index (κ3) is 5.66. The van der Waals surface area contributed by atoms with Crippen LogP contribution in [0.1, 0.15) is 54.6 Å². The van der Waals surface area contributed by atoms with Gasteiger partial charge in [0, 0.05) is 12.3 Å². The molecule has 3 heteroatoms. The zero-order valence-electron chi connectivity index (χ0n) is 9.58. The Labute approximate surface area is 107 Å². The minimum Gasteiger partial charge on any atom is -0.293 e. The van der Waals surface area contributed by atoms with Crippen LogP contribution in [0.4, 0.5) is 0 Å². The summed E-state index contributed by atoms with van der Waals surface area (Å²) in [4.78, 5) is 12.5. The van der Waals surface area contributed by atoms with E-state index in [1.165, 1.54) is 25.7 Å². The molecule has 1 rings (SSSR count). The molecule has 0 amide bonds. The van der Waals surface area contributed by atoms with E-state index in [4.69, 9.17) is 11.6 Å². The fourth-order valence-electron chi connectivity index (χ4n) is 1.65. The zero-order valence-corrected chi connectivity index (χ0v) is 11.2. The summed E-state index contributed by atoms with van der Waals surface area (Å²) in [6, 6.07) is 3.84. The Morgan fingerprint density at radius 2 is 1.81 bits per heavy atom. The molecule has 1 heterocycles. The van der Waals surface area contributed by atoms with E-state index in [-0.39, 0.29) is 0 Å². The van der Waals surface area contributed by atoms with Crippen LogP contribution < -0.4 is 0 Å². The summed E-state index contributed by atoms with van der Waals surface area (Å²) in [5.74, 6) is 1.08. The molecule has 1 aromatic rings. The average molecular weight is 259 g/mol. The molecule has 0 aliphatic carbocycles. The first kappa shape index (κ1) is 13.7. The van der Waals surface area contributed by atoms with E-state index < -0.39 is 0 Å². The maximum absolute atomic E-state index is 11.6. The minimum absolute atomic E-state index is 0.302. The summed E-state index contributed by atoms with van der Waals surface area (Å²) in [5, 5.41) is 1.96. The van der Waals surface area contributed by atoms with E-state index in [2.05, 4.69) is 0 Å². The van der Waals surface area contributed by atoms with Crippen molar-refractivity contribution in [3.05, 3.63) is 22.4 Å². The monoisotopic (exact) mass is 258 g/mol. The largest absolute Gasteiger partial charge is 0.293 e. The second-order valence-electron chi connectivity index (χ2n) is 3.96.